The largest absolute Gasteiger partial charge is 0.381 e. The van der Waals surface area contributed by atoms with E-state index in [9.17, 15) is 0 Å². The lowest BCUT2D eigenvalue weighted by atomic mass is 10.0. The zero-order valence-corrected chi connectivity index (χ0v) is 12.4. The molecule has 0 radical (unpaired) electrons. The fraction of sp³-hybridized carbons (Fsp3) is 0.250. The number of rotatable bonds is 5. The van der Waals surface area contributed by atoms with Gasteiger partial charge in [0.1, 0.15) is 0 Å². The molecule has 0 spiro atoms. The second kappa shape index (κ2) is 6.83. The SMILES string of the molecule is CCC(Cc1ccccc1)Nc1cc(Cl)ccc1Cl. The van der Waals surface area contributed by atoms with E-state index in [1.54, 1.807) is 6.07 Å². The Hall–Kier alpha value is -1.18. The van der Waals surface area contributed by atoms with E-state index in [2.05, 4.69) is 36.5 Å². The Morgan fingerprint density at radius 2 is 1.79 bits per heavy atom. The lowest BCUT2D eigenvalue weighted by Gasteiger charge is -2.19. The Balaban J connectivity index is 2.09. The topological polar surface area (TPSA) is 12.0 Å². The summed E-state index contributed by atoms with van der Waals surface area (Å²) in [5.41, 5.74) is 2.22. The van der Waals surface area contributed by atoms with E-state index in [-0.39, 0.29) is 0 Å². The summed E-state index contributed by atoms with van der Waals surface area (Å²) < 4.78 is 0. The van der Waals surface area contributed by atoms with E-state index in [0.717, 1.165) is 18.5 Å². The first-order valence-corrected chi connectivity index (χ1v) is 7.20. The highest BCUT2D eigenvalue weighted by Crippen LogP contribution is 2.26. The fourth-order valence-corrected chi connectivity index (χ4v) is 2.37. The van der Waals surface area contributed by atoms with Crippen LogP contribution in [0, 0.1) is 0 Å². The van der Waals surface area contributed by atoms with Crippen LogP contribution in [0.15, 0.2) is 48.5 Å². The zero-order valence-electron chi connectivity index (χ0n) is 10.9. The van der Waals surface area contributed by atoms with E-state index < -0.39 is 0 Å². The molecule has 2 aromatic carbocycles. The molecule has 1 N–H and O–H groups in total. The number of benzene rings is 2. The summed E-state index contributed by atoms with van der Waals surface area (Å²) >= 11 is 12.2. The summed E-state index contributed by atoms with van der Waals surface area (Å²) in [6.07, 6.45) is 2.00. The highest BCUT2D eigenvalue weighted by molar-refractivity contribution is 6.35. The fourth-order valence-electron chi connectivity index (χ4n) is 2.02. The summed E-state index contributed by atoms with van der Waals surface area (Å²) in [6.45, 7) is 2.17. The Morgan fingerprint density at radius 1 is 1.05 bits per heavy atom. The van der Waals surface area contributed by atoms with Crippen LogP contribution in [0.4, 0.5) is 5.69 Å². The Labute approximate surface area is 124 Å². The van der Waals surface area contributed by atoms with Gasteiger partial charge in [0.25, 0.3) is 0 Å². The Morgan fingerprint density at radius 3 is 2.47 bits per heavy atom. The van der Waals surface area contributed by atoms with Gasteiger partial charge >= 0.3 is 0 Å². The normalized spacial score (nSPS) is 12.2. The van der Waals surface area contributed by atoms with Gasteiger partial charge in [-0.3, -0.25) is 0 Å². The summed E-state index contributed by atoms with van der Waals surface area (Å²) in [4.78, 5) is 0. The van der Waals surface area contributed by atoms with Gasteiger partial charge in [-0.2, -0.15) is 0 Å². The zero-order chi connectivity index (χ0) is 13.7. The number of hydrogen-bond acceptors (Lipinski definition) is 1. The Kier molecular flexibility index (Phi) is 5.12. The maximum atomic E-state index is 6.18. The highest BCUT2D eigenvalue weighted by Gasteiger charge is 2.09. The summed E-state index contributed by atoms with van der Waals surface area (Å²) in [5.74, 6) is 0. The van der Waals surface area contributed by atoms with Crippen molar-refractivity contribution in [2.75, 3.05) is 5.32 Å². The number of nitrogens with one attached hydrogen (secondary N) is 1. The van der Waals surface area contributed by atoms with Gasteiger partial charge in [0.15, 0.2) is 0 Å². The first kappa shape index (κ1) is 14.2. The van der Waals surface area contributed by atoms with Crippen molar-refractivity contribution in [3.05, 3.63) is 64.1 Å². The van der Waals surface area contributed by atoms with E-state index in [1.807, 2.05) is 18.2 Å². The van der Waals surface area contributed by atoms with Crippen molar-refractivity contribution >= 4 is 28.9 Å². The van der Waals surface area contributed by atoms with Crippen LogP contribution in [0.1, 0.15) is 18.9 Å². The molecule has 0 bridgehead atoms. The molecule has 100 valence electrons. The predicted octanol–water partition coefficient (Wildman–Crippen LogP) is 5.43. The molecule has 0 aliphatic heterocycles. The van der Waals surface area contributed by atoms with Crippen molar-refractivity contribution in [1.82, 2.24) is 0 Å². The van der Waals surface area contributed by atoms with Crippen LogP contribution in [-0.4, -0.2) is 6.04 Å². The number of halogens is 2. The molecule has 2 rings (SSSR count). The minimum atomic E-state index is 0.346. The molecule has 0 amide bonds. The van der Waals surface area contributed by atoms with Crippen LogP contribution < -0.4 is 5.32 Å². The van der Waals surface area contributed by atoms with Gasteiger partial charge in [-0.25, -0.2) is 0 Å². The minimum absolute atomic E-state index is 0.346. The third-order valence-corrected chi connectivity index (χ3v) is 3.67. The molecular weight excluding hydrogens is 277 g/mol. The number of anilines is 1. The Bertz CT molecular complexity index is 526. The smallest absolute Gasteiger partial charge is 0.0638 e. The summed E-state index contributed by atoms with van der Waals surface area (Å²) in [6, 6.07) is 16.3. The van der Waals surface area contributed by atoms with Crippen LogP contribution in [0.25, 0.3) is 0 Å². The standard InChI is InChI=1S/C16H17Cl2N/c1-2-14(10-12-6-4-3-5-7-12)19-16-11-13(17)8-9-15(16)18/h3-9,11,14,19H,2,10H2,1H3. The predicted molar refractivity (Wildman–Crippen MR) is 84.3 cm³/mol. The van der Waals surface area contributed by atoms with Crippen LogP contribution in [0.3, 0.4) is 0 Å². The van der Waals surface area contributed by atoms with Gasteiger partial charge < -0.3 is 5.32 Å². The van der Waals surface area contributed by atoms with Crippen molar-refractivity contribution < 1.29 is 0 Å². The van der Waals surface area contributed by atoms with Crippen LogP contribution >= 0.6 is 23.2 Å². The van der Waals surface area contributed by atoms with Crippen LogP contribution in [0.5, 0.6) is 0 Å². The summed E-state index contributed by atoms with van der Waals surface area (Å²) in [5, 5.41) is 4.87. The lowest BCUT2D eigenvalue weighted by molar-refractivity contribution is 0.690. The van der Waals surface area contributed by atoms with Crippen molar-refractivity contribution in [3.63, 3.8) is 0 Å². The maximum absolute atomic E-state index is 6.18. The van der Waals surface area contributed by atoms with Gasteiger partial charge in [0.2, 0.25) is 0 Å². The number of hydrogen-bond donors (Lipinski definition) is 1. The van der Waals surface area contributed by atoms with Crippen molar-refractivity contribution in [3.8, 4) is 0 Å². The summed E-state index contributed by atoms with van der Waals surface area (Å²) in [7, 11) is 0. The van der Waals surface area contributed by atoms with E-state index in [4.69, 9.17) is 23.2 Å². The molecule has 0 saturated carbocycles. The van der Waals surface area contributed by atoms with E-state index in [0.29, 0.717) is 16.1 Å². The molecule has 0 fully saturated rings. The van der Waals surface area contributed by atoms with Crippen molar-refractivity contribution in [2.45, 2.75) is 25.8 Å². The molecule has 1 nitrogen and oxygen atoms in total. The molecule has 2 aromatic rings. The van der Waals surface area contributed by atoms with E-state index >= 15 is 0 Å². The van der Waals surface area contributed by atoms with Crippen molar-refractivity contribution in [2.24, 2.45) is 0 Å². The van der Waals surface area contributed by atoms with Gasteiger partial charge in [-0.05, 0) is 36.6 Å². The molecule has 0 aliphatic rings. The van der Waals surface area contributed by atoms with Crippen molar-refractivity contribution in [1.29, 1.82) is 0 Å². The van der Waals surface area contributed by atoms with Gasteiger partial charge in [0, 0.05) is 11.1 Å². The third-order valence-electron chi connectivity index (χ3n) is 3.11. The quantitative estimate of drug-likeness (QED) is 0.775. The second-order valence-electron chi connectivity index (χ2n) is 4.56. The average molecular weight is 294 g/mol. The molecule has 0 heterocycles. The molecular formula is C16H17Cl2N. The first-order valence-electron chi connectivity index (χ1n) is 6.44. The van der Waals surface area contributed by atoms with Crippen LogP contribution in [0.2, 0.25) is 10.0 Å². The van der Waals surface area contributed by atoms with Crippen LogP contribution in [-0.2, 0) is 6.42 Å². The minimum Gasteiger partial charge on any atom is -0.381 e. The van der Waals surface area contributed by atoms with Gasteiger partial charge in [-0.15, -0.1) is 0 Å². The lowest BCUT2D eigenvalue weighted by Crippen LogP contribution is -2.21. The third kappa shape index (κ3) is 4.15. The van der Waals surface area contributed by atoms with Gasteiger partial charge in [-0.1, -0.05) is 60.5 Å². The second-order valence-corrected chi connectivity index (χ2v) is 5.41. The van der Waals surface area contributed by atoms with E-state index in [1.165, 1.54) is 5.56 Å². The monoisotopic (exact) mass is 293 g/mol. The maximum Gasteiger partial charge on any atom is 0.0638 e. The first-order chi connectivity index (χ1) is 9.19. The molecule has 1 unspecified atom stereocenters. The van der Waals surface area contributed by atoms with Gasteiger partial charge in [0.05, 0.1) is 10.7 Å². The molecule has 3 heteroatoms. The molecule has 0 aromatic heterocycles. The molecule has 19 heavy (non-hydrogen) atoms. The molecule has 0 saturated heterocycles. The average Bonchev–Trinajstić information content (AvgIpc) is 2.43. The highest BCUT2D eigenvalue weighted by atomic mass is 35.5. The molecule has 0 aliphatic carbocycles. The molecule has 1 atom stereocenters.